The first-order valence-electron chi connectivity index (χ1n) is 10.8. The summed E-state index contributed by atoms with van der Waals surface area (Å²) in [5.74, 6) is 1.55. The molecule has 0 unspecified atom stereocenters. The Morgan fingerprint density at radius 3 is 2.55 bits per heavy atom. The average Bonchev–Trinajstić information content (AvgIpc) is 2.71. The van der Waals surface area contributed by atoms with Crippen LogP contribution in [-0.2, 0) is 22.6 Å². The van der Waals surface area contributed by atoms with E-state index in [9.17, 15) is 9.18 Å². The first kappa shape index (κ1) is 22.0. The summed E-state index contributed by atoms with van der Waals surface area (Å²) in [7, 11) is 1.61. The Balaban J connectivity index is 1.61. The van der Waals surface area contributed by atoms with Crippen molar-refractivity contribution in [3.63, 3.8) is 0 Å². The van der Waals surface area contributed by atoms with Gasteiger partial charge in [-0.2, -0.15) is 0 Å². The van der Waals surface area contributed by atoms with E-state index in [1.165, 1.54) is 6.07 Å². The van der Waals surface area contributed by atoms with Crippen LogP contribution in [0.2, 0.25) is 5.02 Å². The molecule has 1 saturated heterocycles. The van der Waals surface area contributed by atoms with Gasteiger partial charge in [0, 0.05) is 61.8 Å². The number of aromatic nitrogens is 2. The average molecular weight is 447 g/mol. The Labute approximate surface area is 187 Å². The molecule has 1 aromatic carbocycles. The third-order valence-corrected chi connectivity index (χ3v) is 6.58. The van der Waals surface area contributed by atoms with Crippen LogP contribution in [0.5, 0.6) is 0 Å². The zero-order valence-electron chi connectivity index (χ0n) is 18.0. The minimum Gasteiger partial charge on any atom is -0.378 e. The summed E-state index contributed by atoms with van der Waals surface area (Å²) in [6.07, 6.45) is 3.46. The lowest BCUT2D eigenvalue weighted by atomic mass is 9.84. The van der Waals surface area contributed by atoms with Gasteiger partial charge in [-0.25, -0.2) is 14.4 Å². The molecule has 4 rings (SSSR count). The van der Waals surface area contributed by atoms with Crippen LogP contribution >= 0.6 is 11.6 Å². The number of aryl methyl sites for hydroxylation is 1. The van der Waals surface area contributed by atoms with E-state index in [1.807, 2.05) is 11.8 Å². The first-order valence-corrected chi connectivity index (χ1v) is 11.2. The monoisotopic (exact) mass is 446 g/mol. The number of hydrogen-bond donors (Lipinski definition) is 0. The predicted molar refractivity (Wildman–Crippen MR) is 118 cm³/mol. The lowest BCUT2D eigenvalue weighted by Gasteiger charge is -2.39. The third kappa shape index (κ3) is 4.67. The van der Waals surface area contributed by atoms with E-state index < -0.39 is 0 Å². The number of anilines is 1. The van der Waals surface area contributed by atoms with E-state index in [0.717, 1.165) is 36.3 Å². The molecule has 0 atom stereocenters. The van der Waals surface area contributed by atoms with Crippen molar-refractivity contribution < 1.29 is 13.9 Å². The van der Waals surface area contributed by atoms with Gasteiger partial charge in [0.15, 0.2) is 0 Å². The number of benzene rings is 1. The van der Waals surface area contributed by atoms with Crippen molar-refractivity contribution in [1.29, 1.82) is 0 Å². The molecule has 0 N–H and O–H groups in total. The van der Waals surface area contributed by atoms with Crippen LogP contribution in [-0.4, -0.2) is 54.1 Å². The number of rotatable bonds is 6. The molecule has 0 bridgehead atoms. The lowest BCUT2D eigenvalue weighted by Crippen LogP contribution is -2.51. The smallest absolute Gasteiger partial charge is 0.225 e. The summed E-state index contributed by atoms with van der Waals surface area (Å²) in [6.45, 7) is 4.84. The maximum absolute atomic E-state index is 14.5. The lowest BCUT2D eigenvalue weighted by molar-refractivity contribution is -0.138. The summed E-state index contributed by atoms with van der Waals surface area (Å²) in [6, 6.07) is 4.70. The van der Waals surface area contributed by atoms with Gasteiger partial charge in [-0.3, -0.25) is 4.79 Å². The van der Waals surface area contributed by atoms with Crippen molar-refractivity contribution in [2.45, 2.75) is 39.2 Å². The molecule has 2 heterocycles. The predicted octanol–water partition coefficient (Wildman–Crippen LogP) is 3.76. The fraction of sp³-hybridized carbons (Fsp3) is 0.522. The molecule has 1 saturated carbocycles. The molecule has 31 heavy (non-hydrogen) atoms. The molecule has 1 amide bonds. The molecule has 8 heteroatoms. The Hall–Kier alpha value is -2.25. The molecular weight excluding hydrogens is 419 g/mol. The molecule has 0 spiro atoms. The minimum absolute atomic E-state index is 0.208. The van der Waals surface area contributed by atoms with Gasteiger partial charge < -0.3 is 14.5 Å². The van der Waals surface area contributed by atoms with Crippen molar-refractivity contribution in [2.75, 3.05) is 38.2 Å². The van der Waals surface area contributed by atoms with Gasteiger partial charge in [0.1, 0.15) is 17.5 Å². The molecule has 2 aromatic rings. The number of halogens is 2. The second kappa shape index (κ2) is 9.49. The van der Waals surface area contributed by atoms with Gasteiger partial charge in [0.25, 0.3) is 0 Å². The molecule has 166 valence electrons. The fourth-order valence-electron chi connectivity index (χ4n) is 4.27. The molecule has 0 radical (unpaired) electrons. The molecule has 2 aliphatic rings. The van der Waals surface area contributed by atoms with E-state index in [2.05, 4.69) is 9.88 Å². The molecule has 2 fully saturated rings. The SMILES string of the molecule is COCc1nc(C)nc(N2CCN(C(=O)C3CCC3)CC2)c1Cc1c(F)cccc1Cl. The molecule has 1 aromatic heterocycles. The highest BCUT2D eigenvalue weighted by atomic mass is 35.5. The third-order valence-electron chi connectivity index (χ3n) is 6.22. The van der Waals surface area contributed by atoms with E-state index in [1.54, 1.807) is 19.2 Å². The first-order chi connectivity index (χ1) is 15.0. The second-order valence-corrected chi connectivity index (χ2v) is 8.68. The van der Waals surface area contributed by atoms with E-state index in [4.69, 9.17) is 21.3 Å². The number of amides is 1. The highest BCUT2D eigenvalue weighted by Gasteiger charge is 2.32. The summed E-state index contributed by atoms with van der Waals surface area (Å²) in [5, 5.41) is 0.380. The van der Waals surface area contributed by atoms with Crippen molar-refractivity contribution in [2.24, 2.45) is 5.92 Å². The van der Waals surface area contributed by atoms with Crippen LogP contribution in [0.25, 0.3) is 0 Å². The van der Waals surface area contributed by atoms with Crippen LogP contribution in [0.4, 0.5) is 10.2 Å². The number of hydrogen-bond acceptors (Lipinski definition) is 5. The van der Waals surface area contributed by atoms with Crippen molar-refractivity contribution in [1.82, 2.24) is 14.9 Å². The number of carbonyl (C=O) groups is 1. The van der Waals surface area contributed by atoms with Crippen LogP contribution < -0.4 is 4.90 Å². The maximum atomic E-state index is 14.5. The summed E-state index contributed by atoms with van der Waals surface area (Å²) >= 11 is 6.31. The normalized spacial score (nSPS) is 17.0. The highest BCUT2D eigenvalue weighted by Crippen LogP contribution is 2.31. The van der Waals surface area contributed by atoms with Crippen molar-refractivity contribution in [3.8, 4) is 0 Å². The highest BCUT2D eigenvalue weighted by molar-refractivity contribution is 6.31. The van der Waals surface area contributed by atoms with E-state index in [0.29, 0.717) is 49.2 Å². The number of carbonyl (C=O) groups excluding carboxylic acids is 1. The van der Waals surface area contributed by atoms with E-state index >= 15 is 0 Å². The van der Waals surface area contributed by atoms with Crippen molar-refractivity contribution in [3.05, 3.63) is 51.7 Å². The van der Waals surface area contributed by atoms with Crippen LogP contribution in [0, 0.1) is 18.7 Å². The van der Waals surface area contributed by atoms with Crippen LogP contribution in [0.3, 0.4) is 0 Å². The maximum Gasteiger partial charge on any atom is 0.225 e. The Morgan fingerprint density at radius 1 is 1.19 bits per heavy atom. The van der Waals surface area contributed by atoms with Gasteiger partial charge in [-0.05, 0) is 31.9 Å². The van der Waals surface area contributed by atoms with Gasteiger partial charge >= 0.3 is 0 Å². The minimum atomic E-state index is -0.349. The molecule has 1 aliphatic heterocycles. The van der Waals surface area contributed by atoms with E-state index in [-0.39, 0.29) is 24.1 Å². The van der Waals surface area contributed by atoms with Crippen LogP contribution in [0.1, 0.15) is 41.9 Å². The number of nitrogens with zero attached hydrogens (tertiary/aromatic N) is 4. The standard InChI is InChI=1S/C23H28ClFN4O2/c1-15-26-21(14-31-2)18(13-17-19(24)7-4-8-20(17)25)22(27-15)28-9-11-29(12-10-28)23(30)16-5-3-6-16/h4,7-8,16H,3,5-6,9-14H2,1-2H3. The van der Waals surface area contributed by atoms with Gasteiger partial charge in [-0.1, -0.05) is 24.1 Å². The topological polar surface area (TPSA) is 58.6 Å². The Bertz CT molecular complexity index is 939. The fourth-order valence-corrected chi connectivity index (χ4v) is 4.50. The molecule has 1 aliphatic carbocycles. The number of piperazine rings is 1. The zero-order chi connectivity index (χ0) is 22.0. The Morgan fingerprint density at radius 2 is 1.94 bits per heavy atom. The Kier molecular flexibility index (Phi) is 6.72. The second-order valence-electron chi connectivity index (χ2n) is 8.27. The summed E-state index contributed by atoms with van der Waals surface area (Å²) < 4.78 is 19.9. The summed E-state index contributed by atoms with van der Waals surface area (Å²) in [5.41, 5.74) is 1.98. The van der Waals surface area contributed by atoms with Crippen LogP contribution in [0.15, 0.2) is 18.2 Å². The molecule has 6 nitrogen and oxygen atoms in total. The van der Waals surface area contributed by atoms with Crippen molar-refractivity contribution >= 4 is 23.3 Å². The summed E-state index contributed by atoms with van der Waals surface area (Å²) in [4.78, 5) is 26.0. The zero-order valence-corrected chi connectivity index (χ0v) is 18.8. The number of methoxy groups -OCH3 is 1. The van der Waals surface area contributed by atoms with Gasteiger partial charge in [-0.15, -0.1) is 0 Å². The van der Waals surface area contributed by atoms with Gasteiger partial charge in [0.2, 0.25) is 5.91 Å². The molecular formula is C23H28ClFN4O2. The van der Waals surface area contributed by atoms with Gasteiger partial charge in [0.05, 0.1) is 12.3 Å². The number of ether oxygens (including phenoxy) is 1. The largest absolute Gasteiger partial charge is 0.378 e. The quantitative estimate of drug-likeness (QED) is 0.676.